The SMILES string of the molecule is CCCN(CCC)C(=O)CN1CCN(C(=O)c2c(F)cccc2Cl)CC1. The number of carbonyl (C=O) groups excluding carboxylic acids is 2. The highest BCUT2D eigenvalue weighted by molar-refractivity contribution is 6.33. The molecule has 7 heteroatoms. The first-order valence-electron chi connectivity index (χ1n) is 9.21. The van der Waals surface area contributed by atoms with E-state index in [9.17, 15) is 14.0 Å². The maximum Gasteiger partial charge on any atom is 0.258 e. The van der Waals surface area contributed by atoms with Crippen LogP contribution in [0.5, 0.6) is 0 Å². The number of halogens is 2. The lowest BCUT2D eigenvalue weighted by Gasteiger charge is -2.35. The predicted octanol–water partition coefficient (Wildman–Crippen LogP) is 2.89. The number of carbonyl (C=O) groups is 2. The molecule has 0 atom stereocenters. The van der Waals surface area contributed by atoms with Crippen molar-refractivity contribution in [2.75, 3.05) is 45.8 Å². The normalized spacial score (nSPS) is 15.2. The van der Waals surface area contributed by atoms with Crippen molar-refractivity contribution >= 4 is 23.4 Å². The Morgan fingerprint density at radius 3 is 2.27 bits per heavy atom. The number of amides is 2. The maximum atomic E-state index is 13.9. The van der Waals surface area contributed by atoms with Gasteiger partial charge in [0.2, 0.25) is 5.91 Å². The smallest absolute Gasteiger partial charge is 0.258 e. The molecule has 1 aromatic carbocycles. The van der Waals surface area contributed by atoms with Gasteiger partial charge in [0.25, 0.3) is 5.91 Å². The van der Waals surface area contributed by atoms with E-state index in [1.54, 1.807) is 4.90 Å². The highest BCUT2D eigenvalue weighted by Crippen LogP contribution is 2.21. The van der Waals surface area contributed by atoms with Crippen molar-refractivity contribution in [1.82, 2.24) is 14.7 Å². The van der Waals surface area contributed by atoms with Gasteiger partial charge in [-0.15, -0.1) is 0 Å². The quantitative estimate of drug-likeness (QED) is 0.727. The molecule has 0 aromatic heterocycles. The van der Waals surface area contributed by atoms with Gasteiger partial charge in [-0.2, -0.15) is 0 Å². The first-order chi connectivity index (χ1) is 12.5. The fourth-order valence-corrected chi connectivity index (χ4v) is 3.41. The second-order valence-corrected chi connectivity index (χ2v) is 6.95. The van der Waals surface area contributed by atoms with E-state index in [0.29, 0.717) is 32.7 Å². The molecule has 0 aliphatic carbocycles. The zero-order valence-corrected chi connectivity index (χ0v) is 16.3. The van der Waals surface area contributed by atoms with Gasteiger partial charge in [0.05, 0.1) is 17.1 Å². The molecule has 0 unspecified atom stereocenters. The Labute approximate surface area is 159 Å². The summed E-state index contributed by atoms with van der Waals surface area (Å²) in [7, 11) is 0. The van der Waals surface area contributed by atoms with Crippen LogP contribution in [0.4, 0.5) is 4.39 Å². The zero-order chi connectivity index (χ0) is 19.1. The Morgan fingerprint density at radius 1 is 1.12 bits per heavy atom. The van der Waals surface area contributed by atoms with Gasteiger partial charge in [-0.05, 0) is 25.0 Å². The van der Waals surface area contributed by atoms with Crippen LogP contribution in [0.1, 0.15) is 37.0 Å². The lowest BCUT2D eigenvalue weighted by Crippen LogP contribution is -2.51. The molecule has 1 fully saturated rings. The van der Waals surface area contributed by atoms with Crippen LogP contribution in [0.2, 0.25) is 5.02 Å². The first kappa shape index (κ1) is 20.6. The summed E-state index contributed by atoms with van der Waals surface area (Å²) >= 11 is 5.99. The minimum Gasteiger partial charge on any atom is -0.342 e. The molecule has 0 N–H and O–H groups in total. The zero-order valence-electron chi connectivity index (χ0n) is 15.5. The molecule has 1 aromatic rings. The summed E-state index contributed by atoms with van der Waals surface area (Å²) < 4.78 is 13.9. The monoisotopic (exact) mass is 383 g/mol. The number of benzene rings is 1. The van der Waals surface area contributed by atoms with Crippen LogP contribution in [0.25, 0.3) is 0 Å². The molecule has 144 valence electrons. The van der Waals surface area contributed by atoms with Gasteiger partial charge in [0.15, 0.2) is 0 Å². The lowest BCUT2D eigenvalue weighted by atomic mass is 10.1. The van der Waals surface area contributed by atoms with Gasteiger partial charge in [-0.3, -0.25) is 14.5 Å². The molecular formula is C19H27ClFN3O2. The first-order valence-corrected chi connectivity index (χ1v) is 9.59. The van der Waals surface area contributed by atoms with Crippen molar-refractivity contribution < 1.29 is 14.0 Å². The molecular weight excluding hydrogens is 357 g/mol. The Bertz CT molecular complexity index is 607. The van der Waals surface area contributed by atoms with Crippen molar-refractivity contribution in [1.29, 1.82) is 0 Å². The van der Waals surface area contributed by atoms with Crippen molar-refractivity contribution in [2.45, 2.75) is 26.7 Å². The average molecular weight is 384 g/mol. The molecule has 26 heavy (non-hydrogen) atoms. The van der Waals surface area contributed by atoms with Gasteiger partial charge in [-0.25, -0.2) is 4.39 Å². The van der Waals surface area contributed by atoms with Crippen molar-refractivity contribution in [3.05, 3.63) is 34.6 Å². The molecule has 0 saturated carbocycles. The van der Waals surface area contributed by atoms with E-state index in [1.165, 1.54) is 18.2 Å². The number of rotatable bonds is 7. The topological polar surface area (TPSA) is 43.9 Å². The molecule has 2 amide bonds. The van der Waals surface area contributed by atoms with Crippen LogP contribution in [-0.4, -0.2) is 72.3 Å². The Morgan fingerprint density at radius 2 is 1.73 bits per heavy atom. The summed E-state index contributed by atoms with van der Waals surface area (Å²) in [6.07, 6.45) is 1.88. The van der Waals surface area contributed by atoms with Gasteiger partial charge in [-0.1, -0.05) is 31.5 Å². The van der Waals surface area contributed by atoms with E-state index >= 15 is 0 Å². The Balaban J connectivity index is 1.90. The fourth-order valence-electron chi connectivity index (χ4n) is 3.16. The Hall–Kier alpha value is -1.66. The number of nitrogens with zero attached hydrogens (tertiary/aromatic N) is 3. The molecule has 5 nitrogen and oxygen atoms in total. The molecule has 2 rings (SSSR count). The van der Waals surface area contributed by atoms with Crippen LogP contribution < -0.4 is 0 Å². The highest BCUT2D eigenvalue weighted by atomic mass is 35.5. The summed E-state index contributed by atoms with van der Waals surface area (Å²) in [5.41, 5.74) is -0.0734. The standard InChI is InChI=1S/C19H27ClFN3O2/c1-3-8-23(9-4-2)17(25)14-22-10-12-24(13-11-22)19(26)18-15(20)6-5-7-16(18)21/h5-7H,3-4,8-14H2,1-2H3. The molecule has 1 saturated heterocycles. The third-order valence-electron chi connectivity index (χ3n) is 4.53. The van der Waals surface area contributed by atoms with Crippen molar-refractivity contribution in [2.24, 2.45) is 0 Å². The minimum absolute atomic E-state index is 0.0734. The average Bonchev–Trinajstić information content (AvgIpc) is 2.62. The van der Waals surface area contributed by atoms with E-state index in [4.69, 9.17) is 11.6 Å². The number of piperazine rings is 1. The minimum atomic E-state index is -0.602. The third kappa shape index (κ3) is 5.17. The van der Waals surface area contributed by atoms with Gasteiger partial charge in [0.1, 0.15) is 5.82 Å². The number of hydrogen-bond donors (Lipinski definition) is 0. The van der Waals surface area contributed by atoms with E-state index < -0.39 is 11.7 Å². The third-order valence-corrected chi connectivity index (χ3v) is 4.85. The summed E-state index contributed by atoms with van der Waals surface area (Å²) in [5.74, 6) is -0.863. The van der Waals surface area contributed by atoms with Crippen LogP contribution in [0.15, 0.2) is 18.2 Å². The fraction of sp³-hybridized carbons (Fsp3) is 0.579. The molecule has 0 bridgehead atoms. The van der Waals surface area contributed by atoms with Gasteiger partial charge >= 0.3 is 0 Å². The second-order valence-electron chi connectivity index (χ2n) is 6.55. The van der Waals surface area contributed by atoms with Crippen LogP contribution in [0.3, 0.4) is 0 Å². The van der Waals surface area contributed by atoms with E-state index in [-0.39, 0.29) is 16.5 Å². The molecule has 1 heterocycles. The molecule has 1 aliphatic rings. The maximum absolute atomic E-state index is 13.9. The molecule has 1 aliphatic heterocycles. The summed E-state index contributed by atoms with van der Waals surface area (Å²) in [4.78, 5) is 30.6. The van der Waals surface area contributed by atoms with E-state index in [2.05, 4.69) is 13.8 Å². The van der Waals surface area contributed by atoms with Crippen LogP contribution >= 0.6 is 11.6 Å². The summed E-state index contributed by atoms with van der Waals surface area (Å²) in [6, 6.07) is 4.24. The van der Waals surface area contributed by atoms with Crippen LogP contribution in [-0.2, 0) is 4.79 Å². The van der Waals surface area contributed by atoms with Gasteiger partial charge < -0.3 is 9.80 Å². The van der Waals surface area contributed by atoms with E-state index in [0.717, 1.165) is 25.9 Å². The van der Waals surface area contributed by atoms with Crippen LogP contribution in [0, 0.1) is 5.82 Å². The number of hydrogen-bond acceptors (Lipinski definition) is 3. The summed E-state index contributed by atoms with van der Waals surface area (Å²) in [6.45, 7) is 8.14. The molecule has 0 radical (unpaired) electrons. The van der Waals surface area contributed by atoms with Crippen molar-refractivity contribution in [3.8, 4) is 0 Å². The lowest BCUT2D eigenvalue weighted by molar-refractivity contribution is -0.132. The van der Waals surface area contributed by atoms with E-state index in [1.807, 2.05) is 9.80 Å². The summed E-state index contributed by atoms with van der Waals surface area (Å²) in [5, 5.41) is 0.127. The largest absolute Gasteiger partial charge is 0.342 e. The second kappa shape index (κ2) is 9.88. The molecule has 0 spiro atoms. The highest BCUT2D eigenvalue weighted by Gasteiger charge is 2.27. The Kier molecular flexibility index (Phi) is 7.85. The van der Waals surface area contributed by atoms with Crippen molar-refractivity contribution in [3.63, 3.8) is 0 Å². The predicted molar refractivity (Wildman–Crippen MR) is 101 cm³/mol. The van der Waals surface area contributed by atoms with Gasteiger partial charge in [0, 0.05) is 39.3 Å².